The number of esters is 1. The zero-order valence-corrected chi connectivity index (χ0v) is 11.5. The van der Waals surface area contributed by atoms with Gasteiger partial charge in [-0.2, -0.15) is 0 Å². The van der Waals surface area contributed by atoms with Gasteiger partial charge in [0.1, 0.15) is 5.82 Å². The Hall–Kier alpha value is -2.69. The van der Waals surface area contributed by atoms with E-state index in [-0.39, 0.29) is 11.9 Å². The molecule has 21 heavy (non-hydrogen) atoms. The molecule has 3 aromatic rings. The Morgan fingerprint density at radius 1 is 1.24 bits per heavy atom. The number of fused-ring (bicyclic) bond motifs is 2. The number of carbonyl (C=O) groups excluding carboxylic acids is 1. The Balaban J connectivity index is 1.82. The van der Waals surface area contributed by atoms with Crippen LogP contribution in [0.2, 0.25) is 0 Å². The molecule has 1 unspecified atom stereocenters. The van der Waals surface area contributed by atoms with E-state index in [0.29, 0.717) is 5.56 Å². The first-order valence-electron chi connectivity index (χ1n) is 6.78. The number of methoxy groups -OCH3 is 1. The van der Waals surface area contributed by atoms with E-state index in [0.717, 1.165) is 17.9 Å². The van der Waals surface area contributed by atoms with Crippen molar-refractivity contribution in [1.82, 2.24) is 14.6 Å². The third-order valence-electron chi connectivity index (χ3n) is 4.02. The molecule has 0 fully saturated rings. The van der Waals surface area contributed by atoms with Gasteiger partial charge in [-0.05, 0) is 29.7 Å². The molecule has 2 heterocycles. The molecule has 0 N–H and O–H groups in total. The van der Waals surface area contributed by atoms with Gasteiger partial charge in [-0.3, -0.25) is 4.40 Å². The molecule has 5 heteroatoms. The number of aromatic nitrogens is 3. The summed E-state index contributed by atoms with van der Waals surface area (Å²) in [6, 6.07) is 11.8. The van der Waals surface area contributed by atoms with Crippen LogP contribution in [0.4, 0.5) is 0 Å². The van der Waals surface area contributed by atoms with Crippen molar-refractivity contribution in [2.75, 3.05) is 7.11 Å². The second-order valence-electron chi connectivity index (χ2n) is 5.15. The summed E-state index contributed by atoms with van der Waals surface area (Å²) < 4.78 is 6.65. The summed E-state index contributed by atoms with van der Waals surface area (Å²) in [6.45, 7) is 0. The van der Waals surface area contributed by atoms with Gasteiger partial charge >= 0.3 is 5.97 Å². The maximum Gasteiger partial charge on any atom is 0.339 e. The largest absolute Gasteiger partial charge is 0.465 e. The van der Waals surface area contributed by atoms with Gasteiger partial charge in [-0.25, -0.2) is 4.79 Å². The molecule has 0 aliphatic heterocycles. The quantitative estimate of drug-likeness (QED) is 0.675. The fraction of sp³-hybridized carbons (Fsp3) is 0.188. The number of hydrogen-bond donors (Lipinski definition) is 0. The van der Waals surface area contributed by atoms with E-state index in [4.69, 9.17) is 4.74 Å². The summed E-state index contributed by atoms with van der Waals surface area (Å²) in [7, 11) is 1.38. The van der Waals surface area contributed by atoms with Crippen molar-refractivity contribution in [1.29, 1.82) is 0 Å². The first kappa shape index (κ1) is 12.1. The average molecular weight is 279 g/mol. The van der Waals surface area contributed by atoms with Crippen LogP contribution in [0.3, 0.4) is 0 Å². The second kappa shape index (κ2) is 4.41. The lowest BCUT2D eigenvalue weighted by Crippen LogP contribution is -2.20. The van der Waals surface area contributed by atoms with Gasteiger partial charge in [-0.1, -0.05) is 24.3 Å². The predicted octanol–water partition coefficient (Wildman–Crippen LogP) is 2.20. The Morgan fingerprint density at radius 2 is 2.10 bits per heavy atom. The normalized spacial score (nSPS) is 16.3. The number of rotatable bonds is 2. The Bertz CT molecular complexity index is 854. The number of ether oxygens (including phenoxy) is 1. The highest BCUT2D eigenvalue weighted by molar-refractivity contribution is 5.89. The topological polar surface area (TPSA) is 56.5 Å². The van der Waals surface area contributed by atoms with Crippen molar-refractivity contribution in [3.8, 4) is 0 Å². The lowest BCUT2D eigenvalue weighted by molar-refractivity contribution is 0.0600. The molecule has 1 aliphatic rings. The highest BCUT2D eigenvalue weighted by Crippen LogP contribution is 2.39. The molecule has 0 saturated heterocycles. The minimum absolute atomic E-state index is 0.240. The van der Waals surface area contributed by atoms with Crippen LogP contribution in [0.25, 0.3) is 5.65 Å². The zero-order chi connectivity index (χ0) is 14.4. The van der Waals surface area contributed by atoms with Gasteiger partial charge in [0.15, 0.2) is 5.65 Å². The Morgan fingerprint density at radius 3 is 2.90 bits per heavy atom. The first-order chi connectivity index (χ1) is 10.3. The van der Waals surface area contributed by atoms with Crippen molar-refractivity contribution in [3.05, 3.63) is 65.1 Å². The molecule has 1 aromatic carbocycles. The summed E-state index contributed by atoms with van der Waals surface area (Å²) >= 11 is 0. The minimum Gasteiger partial charge on any atom is -0.465 e. The predicted molar refractivity (Wildman–Crippen MR) is 76.3 cm³/mol. The van der Waals surface area contributed by atoms with E-state index in [1.54, 1.807) is 18.3 Å². The minimum atomic E-state index is -0.356. The maximum atomic E-state index is 11.7. The van der Waals surface area contributed by atoms with E-state index in [2.05, 4.69) is 22.3 Å². The lowest BCUT2D eigenvalue weighted by atomic mass is 9.77. The molecular formula is C16H13N3O2. The van der Waals surface area contributed by atoms with E-state index in [9.17, 15) is 4.79 Å². The summed E-state index contributed by atoms with van der Waals surface area (Å²) in [5.74, 6) is 0.754. The van der Waals surface area contributed by atoms with Gasteiger partial charge in [0, 0.05) is 12.1 Å². The molecule has 0 saturated carbocycles. The van der Waals surface area contributed by atoms with Crippen LogP contribution in [0.5, 0.6) is 0 Å². The molecule has 2 aromatic heterocycles. The lowest BCUT2D eigenvalue weighted by Gasteiger charge is -2.28. The monoisotopic (exact) mass is 279 g/mol. The van der Waals surface area contributed by atoms with Crippen LogP contribution in [-0.4, -0.2) is 27.7 Å². The van der Waals surface area contributed by atoms with E-state index < -0.39 is 0 Å². The molecule has 0 bridgehead atoms. The number of nitrogens with zero attached hydrogens (tertiary/aromatic N) is 3. The maximum absolute atomic E-state index is 11.7. The van der Waals surface area contributed by atoms with Gasteiger partial charge in [-0.15, -0.1) is 10.2 Å². The third kappa shape index (κ3) is 1.74. The van der Waals surface area contributed by atoms with Gasteiger partial charge in [0.25, 0.3) is 0 Å². The molecule has 1 atom stereocenters. The molecule has 5 nitrogen and oxygen atoms in total. The van der Waals surface area contributed by atoms with Crippen molar-refractivity contribution < 1.29 is 9.53 Å². The highest BCUT2D eigenvalue weighted by Gasteiger charge is 2.30. The molecule has 104 valence electrons. The third-order valence-corrected chi connectivity index (χ3v) is 4.02. The van der Waals surface area contributed by atoms with E-state index in [1.165, 1.54) is 18.2 Å². The smallest absolute Gasteiger partial charge is 0.339 e. The number of carbonyl (C=O) groups is 1. The van der Waals surface area contributed by atoms with Gasteiger partial charge < -0.3 is 4.74 Å². The molecule has 0 spiro atoms. The SMILES string of the molecule is COC(=O)c1ccc2nnc(C3Cc4ccccc43)n2c1. The van der Waals surface area contributed by atoms with Crippen LogP contribution < -0.4 is 0 Å². The van der Waals surface area contributed by atoms with Gasteiger partial charge in [0.05, 0.1) is 12.7 Å². The van der Waals surface area contributed by atoms with E-state index >= 15 is 0 Å². The fourth-order valence-electron chi connectivity index (χ4n) is 2.87. The van der Waals surface area contributed by atoms with Crippen LogP contribution in [0.1, 0.15) is 33.2 Å². The Kier molecular flexibility index (Phi) is 2.54. The number of pyridine rings is 1. The number of benzene rings is 1. The van der Waals surface area contributed by atoms with Crippen LogP contribution in [-0.2, 0) is 11.2 Å². The fourth-order valence-corrected chi connectivity index (χ4v) is 2.87. The summed E-state index contributed by atoms with van der Waals surface area (Å²) in [6.07, 6.45) is 2.71. The zero-order valence-electron chi connectivity index (χ0n) is 11.5. The standard InChI is InChI=1S/C16H13N3O2/c1-21-16(20)11-6-7-14-17-18-15(19(14)9-11)13-8-10-4-2-3-5-12(10)13/h2-7,9,13H,8H2,1H3. The Labute approximate surface area is 121 Å². The molecule has 0 amide bonds. The molecule has 1 aliphatic carbocycles. The van der Waals surface area contributed by atoms with Crippen LogP contribution in [0, 0.1) is 0 Å². The summed E-state index contributed by atoms with van der Waals surface area (Å²) in [5, 5.41) is 8.48. The summed E-state index contributed by atoms with van der Waals surface area (Å²) in [4.78, 5) is 11.7. The van der Waals surface area contributed by atoms with E-state index in [1.807, 2.05) is 16.5 Å². The number of hydrogen-bond acceptors (Lipinski definition) is 4. The molecule has 4 rings (SSSR count). The van der Waals surface area contributed by atoms with Crippen molar-refractivity contribution in [2.45, 2.75) is 12.3 Å². The average Bonchev–Trinajstić information content (AvgIpc) is 2.90. The second-order valence-corrected chi connectivity index (χ2v) is 5.15. The highest BCUT2D eigenvalue weighted by atomic mass is 16.5. The van der Waals surface area contributed by atoms with Crippen molar-refractivity contribution >= 4 is 11.6 Å². The van der Waals surface area contributed by atoms with Gasteiger partial charge in [0.2, 0.25) is 0 Å². The first-order valence-corrected chi connectivity index (χ1v) is 6.78. The van der Waals surface area contributed by atoms with Crippen molar-refractivity contribution in [3.63, 3.8) is 0 Å². The van der Waals surface area contributed by atoms with Crippen LogP contribution >= 0.6 is 0 Å². The molecule has 0 radical (unpaired) electrons. The summed E-state index contributed by atoms with van der Waals surface area (Å²) in [5.41, 5.74) is 3.87. The van der Waals surface area contributed by atoms with Crippen molar-refractivity contribution in [2.24, 2.45) is 0 Å². The molecular weight excluding hydrogens is 266 g/mol. The van der Waals surface area contributed by atoms with Crippen LogP contribution in [0.15, 0.2) is 42.6 Å².